The Bertz CT molecular complexity index is 480. The highest BCUT2D eigenvalue weighted by Crippen LogP contribution is 2.26. The minimum atomic E-state index is 0.495. The molecule has 1 aromatic heterocycles. The summed E-state index contributed by atoms with van der Waals surface area (Å²) < 4.78 is 6.82. The Hall–Kier alpha value is -0.900. The molecule has 18 heavy (non-hydrogen) atoms. The van der Waals surface area contributed by atoms with Crippen LogP contribution in [0.3, 0.4) is 0 Å². The van der Waals surface area contributed by atoms with E-state index in [1.807, 2.05) is 25.3 Å². The molecule has 1 heterocycles. The third-order valence-electron chi connectivity index (χ3n) is 3.25. The predicted octanol–water partition coefficient (Wildman–Crippen LogP) is 3.46. The van der Waals surface area contributed by atoms with Crippen molar-refractivity contribution in [1.82, 2.24) is 5.32 Å². The highest BCUT2D eigenvalue weighted by atomic mass is 32.1. The zero-order valence-corrected chi connectivity index (χ0v) is 11.9. The summed E-state index contributed by atoms with van der Waals surface area (Å²) in [6.45, 7) is 3.68. The SMILES string of the molecule is CCOCCC(Cc1csc2ccccc12)NC. The van der Waals surface area contributed by atoms with Crippen LogP contribution in [0.25, 0.3) is 10.1 Å². The lowest BCUT2D eigenvalue weighted by Crippen LogP contribution is -2.28. The van der Waals surface area contributed by atoms with Crippen molar-refractivity contribution in [2.45, 2.75) is 25.8 Å². The van der Waals surface area contributed by atoms with E-state index >= 15 is 0 Å². The lowest BCUT2D eigenvalue weighted by atomic mass is 10.0. The van der Waals surface area contributed by atoms with Crippen LogP contribution >= 0.6 is 11.3 Å². The number of rotatable bonds is 7. The van der Waals surface area contributed by atoms with Crippen LogP contribution in [0.5, 0.6) is 0 Å². The van der Waals surface area contributed by atoms with Gasteiger partial charge in [-0.15, -0.1) is 11.3 Å². The van der Waals surface area contributed by atoms with Gasteiger partial charge in [0, 0.05) is 24.0 Å². The van der Waals surface area contributed by atoms with E-state index in [9.17, 15) is 0 Å². The Labute approximate surface area is 113 Å². The van der Waals surface area contributed by atoms with Crippen molar-refractivity contribution in [3.05, 3.63) is 35.2 Å². The van der Waals surface area contributed by atoms with Gasteiger partial charge in [-0.2, -0.15) is 0 Å². The third-order valence-corrected chi connectivity index (χ3v) is 4.26. The first-order chi connectivity index (χ1) is 8.85. The smallest absolute Gasteiger partial charge is 0.0480 e. The lowest BCUT2D eigenvalue weighted by molar-refractivity contribution is 0.137. The molecule has 2 aromatic rings. The monoisotopic (exact) mass is 263 g/mol. The predicted molar refractivity (Wildman–Crippen MR) is 79.5 cm³/mol. The van der Waals surface area contributed by atoms with Crippen LogP contribution in [0.4, 0.5) is 0 Å². The number of fused-ring (bicyclic) bond motifs is 1. The molecule has 2 rings (SSSR count). The average molecular weight is 263 g/mol. The Balaban J connectivity index is 2.02. The number of hydrogen-bond donors (Lipinski definition) is 1. The van der Waals surface area contributed by atoms with Crippen LogP contribution in [0.1, 0.15) is 18.9 Å². The van der Waals surface area contributed by atoms with Gasteiger partial charge in [0.25, 0.3) is 0 Å². The summed E-state index contributed by atoms with van der Waals surface area (Å²) in [7, 11) is 2.03. The minimum absolute atomic E-state index is 0.495. The van der Waals surface area contributed by atoms with E-state index in [1.54, 1.807) is 0 Å². The summed E-state index contributed by atoms with van der Waals surface area (Å²) >= 11 is 1.84. The van der Waals surface area contributed by atoms with Crippen molar-refractivity contribution >= 4 is 21.4 Å². The molecule has 3 heteroatoms. The van der Waals surface area contributed by atoms with Gasteiger partial charge < -0.3 is 10.1 Å². The quantitative estimate of drug-likeness (QED) is 0.772. The molecule has 0 spiro atoms. The number of hydrogen-bond acceptors (Lipinski definition) is 3. The molecule has 0 amide bonds. The Kier molecular flexibility index (Phi) is 5.17. The molecule has 98 valence electrons. The van der Waals surface area contributed by atoms with E-state index in [0.717, 1.165) is 26.1 Å². The van der Waals surface area contributed by atoms with Crippen LogP contribution in [0.2, 0.25) is 0 Å². The normalized spacial score (nSPS) is 13.0. The van der Waals surface area contributed by atoms with E-state index in [2.05, 4.69) is 35.0 Å². The highest BCUT2D eigenvalue weighted by molar-refractivity contribution is 7.17. The van der Waals surface area contributed by atoms with Crippen molar-refractivity contribution < 1.29 is 4.74 Å². The van der Waals surface area contributed by atoms with Gasteiger partial charge in [-0.25, -0.2) is 0 Å². The Morgan fingerprint density at radius 3 is 2.94 bits per heavy atom. The summed E-state index contributed by atoms with van der Waals surface area (Å²) in [6, 6.07) is 9.13. The van der Waals surface area contributed by atoms with Crippen molar-refractivity contribution in [3.8, 4) is 0 Å². The van der Waals surface area contributed by atoms with Crippen molar-refractivity contribution in [2.24, 2.45) is 0 Å². The number of benzene rings is 1. The highest BCUT2D eigenvalue weighted by Gasteiger charge is 2.10. The topological polar surface area (TPSA) is 21.3 Å². The van der Waals surface area contributed by atoms with Gasteiger partial charge in [-0.1, -0.05) is 18.2 Å². The molecule has 0 saturated heterocycles. The molecule has 1 aromatic carbocycles. The van der Waals surface area contributed by atoms with E-state index in [4.69, 9.17) is 4.74 Å². The molecule has 0 bridgehead atoms. The minimum Gasteiger partial charge on any atom is -0.382 e. The summed E-state index contributed by atoms with van der Waals surface area (Å²) in [5.41, 5.74) is 1.45. The second kappa shape index (κ2) is 6.88. The first kappa shape index (κ1) is 13.5. The zero-order chi connectivity index (χ0) is 12.8. The number of ether oxygens (including phenoxy) is 1. The van der Waals surface area contributed by atoms with Crippen molar-refractivity contribution in [1.29, 1.82) is 0 Å². The van der Waals surface area contributed by atoms with E-state index < -0.39 is 0 Å². The largest absolute Gasteiger partial charge is 0.382 e. The molecule has 0 radical (unpaired) electrons. The van der Waals surface area contributed by atoms with Crippen molar-refractivity contribution in [2.75, 3.05) is 20.3 Å². The molecule has 1 N–H and O–H groups in total. The summed E-state index contributed by atoms with van der Waals surface area (Å²) in [5, 5.41) is 7.08. The van der Waals surface area contributed by atoms with Crippen LogP contribution in [-0.4, -0.2) is 26.3 Å². The lowest BCUT2D eigenvalue weighted by Gasteiger charge is -2.15. The van der Waals surface area contributed by atoms with Crippen LogP contribution < -0.4 is 5.32 Å². The third kappa shape index (κ3) is 3.31. The van der Waals surface area contributed by atoms with Gasteiger partial charge in [-0.3, -0.25) is 0 Å². The van der Waals surface area contributed by atoms with Gasteiger partial charge >= 0.3 is 0 Å². The molecule has 2 nitrogen and oxygen atoms in total. The molecular weight excluding hydrogens is 242 g/mol. The fourth-order valence-electron chi connectivity index (χ4n) is 2.17. The van der Waals surface area contributed by atoms with E-state index in [1.165, 1.54) is 15.6 Å². The van der Waals surface area contributed by atoms with Crippen LogP contribution in [-0.2, 0) is 11.2 Å². The number of likely N-dealkylation sites (N-methyl/N-ethyl adjacent to an activating group) is 1. The maximum Gasteiger partial charge on any atom is 0.0480 e. The zero-order valence-electron chi connectivity index (χ0n) is 11.1. The molecular formula is C15H21NOS. The fraction of sp³-hybridized carbons (Fsp3) is 0.467. The average Bonchev–Trinajstić information content (AvgIpc) is 2.81. The van der Waals surface area contributed by atoms with Crippen LogP contribution in [0, 0.1) is 0 Å². The molecule has 1 unspecified atom stereocenters. The van der Waals surface area contributed by atoms with Gasteiger partial charge in [0.1, 0.15) is 0 Å². The van der Waals surface area contributed by atoms with Gasteiger partial charge in [0.2, 0.25) is 0 Å². The molecule has 0 aliphatic carbocycles. The summed E-state index contributed by atoms with van der Waals surface area (Å²) in [4.78, 5) is 0. The van der Waals surface area contributed by atoms with Gasteiger partial charge in [0.15, 0.2) is 0 Å². The summed E-state index contributed by atoms with van der Waals surface area (Å²) in [5.74, 6) is 0. The van der Waals surface area contributed by atoms with E-state index in [-0.39, 0.29) is 0 Å². The Morgan fingerprint density at radius 2 is 2.17 bits per heavy atom. The summed E-state index contributed by atoms with van der Waals surface area (Å²) in [6.07, 6.45) is 2.14. The number of thiophene rings is 1. The standard InChI is InChI=1S/C15H21NOS/c1-3-17-9-8-13(16-2)10-12-11-18-15-7-5-4-6-14(12)15/h4-7,11,13,16H,3,8-10H2,1-2H3. The second-order valence-corrected chi connectivity index (χ2v) is 5.34. The van der Waals surface area contributed by atoms with Crippen LogP contribution in [0.15, 0.2) is 29.6 Å². The van der Waals surface area contributed by atoms with Gasteiger partial charge in [0.05, 0.1) is 0 Å². The maximum atomic E-state index is 5.44. The van der Waals surface area contributed by atoms with E-state index in [0.29, 0.717) is 6.04 Å². The van der Waals surface area contributed by atoms with Gasteiger partial charge in [-0.05, 0) is 49.2 Å². The number of nitrogens with one attached hydrogen (secondary N) is 1. The fourth-order valence-corrected chi connectivity index (χ4v) is 3.15. The Morgan fingerprint density at radius 1 is 1.33 bits per heavy atom. The molecule has 0 fully saturated rings. The first-order valence-electron chi connectivity index (χ1n) is 6.55. The molecule has 0 aliphatic heterocycles. The first-order valence-corrected chi connectivity index (χ1v) is 7.43. The van der Waals surface area contributed by atoms with Crippen molar-refractivity contribution in [3.63, 3.8) is 0 Å². The molecule has 0 saturated carbocycles. The second-order valence-electron chi connectivity index (χ2n) is 4.43. The maximum absolute atomic E-state index is 5.44. The molecule has 1 atom stereocenters. The molecule has 0 aliphatic rings.